The van der Waals surface area contributed by atoms with Gasteiger partial charge in [-0.15, -0.1) is 0 Å². The molecule has 17 heavy (non-hydrogen) atoms. The standard InChI is InChI=1S/C14H21BrFN/c1-10(2)5-4-8-17-11(3)13-7-6-12(16)9-14(13)15/h6-7,9-11,17H,4-5,8H2,1-3H3. The van der Waals surface area contributed by atoms with Crippen LogP contribution in [0.1, 0.15) is 45.2 Å². The highest BCUT2D eigenvalue weighted by Gasteiger charge is 2.09. The van der Waals surface area contributed by atoms with Crippen molar-refractivity contribution >= 4 is 15.9 Å². The number of nitrogens with one attached hydrogen (secondary N) is 1. The van der Waals surface area contributed by atoms with E-state index in [-0.39, 0.29) is 11.9 Å². The van der Waals surface area contributed by atoms with Gasteiger partial charge in [0, 0.05) is 10.5 Å². The van der Waals surface area contributed by atoms with Gasteiger partial charge >= 0.3 is 0 Å². The van der Waals surface area contributed by atoms with Gasteiger partial charge in [0.15, 0.2) is 0 Å². The Morgan fingerprint density at radius 1 is 1.29 bits per heavy atom. The second kappa shape index (κ2) is 7.12. The Kier molecular flexibility index (Phi) is 6.14. The maximum absolute atomic E-state index is 13.0. The maximum atomic E-state index is 13.0. The Morgan fingerprint density at radius 3 is 2.59 bits per heavy atom. The van der Waals surface area contributed by atoms with E-state index in [4.69, 9.17) is 0 Å². The molecule has 0 spiro atoms. The van der Waals surface area contributed by atoms with Gasteiger partial charge in [0.1, 0.15) is 5.82 Å². The Morgan fingerprint density at radius 2 is 2.00 bits per heavy atom. The van der Waals surface area contributed by atoms with Crippen LogP contribution in [0.5, 0.6) is 0 Å². The third-order valence-corrected chi connectivity index (χ3v) is 3.52. The molecule has 0 aliphatic heterocycles. The average Bonchev–Trinajstić information content (AvgIpc) is 2.23. The summed E-state index contributed by atoms with van der Waals surface area (Å²) in [5.41, 5.74) is 1.11. The number of benzene rings is 1. The third-order valence-electron chi connectivity index (χ3n) is 2.84. The summed E-state index contributed by atoms with van der Waals surface area (Å²) in [6.45, 7) is 7.58. The molecule has 1 unspecified atom stereocenters. The lowest BCUT2D eigenvalue weighted by Gasteiger charge is -2.16. The second-order valence-electron chi connectivity index (χ2n) is 4.88. The molecular formula is C14H21BrFN. The summed E-state index contributed by atoms with van der Waals surface area (Å²) < 4.78 is 13.8. The molecular weight excluding hydrogens is 281 g/mol. The summed E-state index contributed by atoms with van der Waals surface area (Å²) in [5, 5.41) is 3.46. The molecule has 0 aliphatic carbocycles. The van der Waals surface area contributed by atoms with E-state index in [1.54, 1.807) is 0 Å². The summed E-state index contributed by atoms with van der Waals surface area (Å²) in [7, 11) is 0. The van der Waals surface area contributed by atoms with E-state index in [2.05, 4.69) is 42.0 Å². The fraction of sp³-hybridized carbons (Fsp3) is 0.571. The van der Waals surface area contributed by atoms with Crippen molar-refractivity contribution in [1.82, 2.24) is 5.32 Å². The second-order valence-corrected chi connectivity index (χ2v) is 5.73. The smallest absolute Gasteiger partial charge is 0.124 e. The molecule has 0 amide bonds. The number of hydrogen-bond acceptors (Lipinski definition) is 1. The molecule has 0 aliphatic rings. The molecule has 1 nitrogen and oxygen atoms in total. The maximum Gasteiger partial charge on any atom is 0.124 e. The van der Waals surface area contributed by atoms with Crippen LogP contribution in [-0.2, 0) is 0 Å². The lowest BCUT2D eigenvalue weighted by Crippen LogP contribution is -2.20. The topological polar surface area (TPSA) is 12.0 Å². The van der Waals surface area contributed by atoms with E-state index < -0.39 is 0 Å². The highest BCUT2D eigenvalue weighted by molar-refractivity contribution is 9.10. The first-order chi connectivity index (χ1) is 8.00. The van der Waals surface area contributed by atoms with E-state index >= 15 is 0 Å². The molecule has 96 valence electrons. The molecule has 1 N–H and O–H groups in total. The van der Waals surface area contributed by atoms with E-state index in [1.807, 2.05) is 6.07 Å². The van der Waals surface area contributed by atoms with Crippen LogP contribution in [0.3, 0.4) is 0 Å². The zero-order valence-electron chi connectivity index (χ0n) is 10.8. The minimum Gasteiger partial charge on any atom is -0.310 e. The quantitative estimate of drug-likeness (QED) is 0.753. The summed E-state index contributed by atoms with van der Waals surface area (Å²) in [6, 6.07) is 5.10. The fourth-order valence-electron chi connectivity index (χ4n) is 1.79. The molecule has 3 heteroatoms. The lowest BCUT2D eigenvalue weighted by atomic mass is 10.1. The predicted octanol–water partition coefficient (Wildman–Crippen LogP) is 4.68. The van der Waals surface area contributed by atoms with Crippen LogP contribution in [0.15, 0.2) is 22.7 Å². The molecule has 1 aromatic carbocycles. The molecule has 0 heterocycles. The van der Waals surface area contributed by atoms with E-state index in [1.165, 1.54) is 25.0 Å². The Balaban J connectivity index is 2.44. The predicted molar refractivity (Wildman–Crippen MR) is 74.6 cm³/mol. The minimum atomic E-state index is -0.201. The van der Waals surface area contributed by atoms with Gasteiger partial charge < -0.3 is 5.32 Å². The van der Waals surface area contributed by atoms with Crippen molar-refractivity contribution in [2.45, 2.75) is 39.7 Å². The largest absolute Gasteiger partial charge is 0.310 e. The van der Waals surface area contributed by atoms with Crippen molar-refractivity contribution in [2.24, 2.45) is 5.92 Å². The van der Waals surface area contributed by atoms with Gasteiger partial charge in [0.25, 0.3) is 0 Å². The number of rotatable bonds is 6. The SMILES string of the molecule is CC(C)CCCNC(C)c1ccc(F)cc1Br. The zero-order valence-corrected chi connectivity index (χ0v) is 12.3. The molecule has 0 aromatic heterocycles. The van der Waals surface area contributed by atoms with Gasteiger partial charge in [0.2, 0.25) is 0 Å². The monoisotopic (exact) mass is 301 g/mol. The first kappa shape index (κ1) is 14.7. The summed E-state index contributed by atoms with van der Waals surface area (Å²) >= 11 is 3.40. The van der Waals surface area contributed by atoms with Crippen LogP contribution in [-0.4, -0.2) is 6.54 Å². The van der Waals surface area contributed by atoms with Crippen LogP contribution in [0, 0.1) is 11.7 Å². The summed E-state index contributed by atoms with van der Waals surface area (Å²) in [4.78, 5) is 0. The molecule has 0 saturated heterocycles. The summed E-state index contributed by atoms with van der Waals surface area (Å²) in [6.07, 6.45) is 2.42. The van der Waals surface area contributed by atoms with Crippen molar-refractivity contribution in [1.29, 1.82) is 0 Å². The van der Waals surface area contributed by atoms with Gasteiger partial charge in [-0.3, -0.25) is 0 Å². The normalized spacial score (nSPS) is 13.1. The van der Waals surface area contributed by atoms with Crippen LogP contribution in [0.2, 0.25) is 0 Å². The van der Waals surface area contributed by atoms with Gasteiger partial charge in [0.05, 0.1) is 0 Å². The molecule has 0 fully saturated rings. The van der Waals surface area contributed by atoms with Gasteiger partial charge in [-0.05, 0) is 49.9 Å². The van der Waals surface area contributed by atoms with E-state index in [0.29, 0.717) is 0 Å². The minimum absolute atomic E-state index is 0.201. The molecule has 0 bridgehead atoms. The third kappa shape index (κ3) is 5.17. The van der Waals surface area contributed by atoms with Crippen molar-refractivity contribution in [3.8, 4) is 0 Å². The molecule has 0 radical (unpaired) electrons. The first-order valence-electron chi connectivity index (χ1n) is 6.19. The van der Waals surface area contributed by atoms with Crippen LogP contribution < -0.4 is 5.32 Å². The van der Waals surface area contributed by atoms with Crippen LogP contribution in [0.4, 0.5) is 4.39 Å². The molecule has 1 atom stereocenters. The highest BCUT2D eigenvalue weighted by atomic mass is 79.9. The van der Waals surface area contributed by atoms with Crippen LogP contribution in [0.25, 0.3) is 0 Å². The van der Waals surface area contributed by atoms with Crippen molar-refractivity contribution < 1.29 is 4.39 Å². The molecule has 0 saturated carbocycles. The zero-order chi connectivity index (χ0) is 12.8. The highest BCUT2D eigenvalue weighted by Crippen LogP contribution is 2.24. The van der Waals surface area contributed by atoms with Crippen LogP contribution >= 0.6 is 15.9 Å². The molecule has 1 aromatic rings. The lowest BCUT2D eigenvalue weighted by molar-refractivity contribution is 0.496. The Bertz CT molecular complexity index is 352. The fourth-order valence-corrected chi connectivity index (χ4v) is 2.49. The van der Waals surface area contributed by atoms with E-state index in [9.17, 15) is 4.39 Å². The summed E-state index contributed by atoms with van der Waals surface area (Å²) in [5.74, 6) is 0.553. The Hall–Kier alpha value is -0.410. The van der Waals surface area contributed by atoms with Gasteiger partial charge in [-0.25, -0.2) is 4.39 Å². The van der Waals surface area contributed by atoms with E-state index in [0.717, 1.165) is 22.5 Å². The van der Waals surface area contributed by atoms with Crippen molar-refractivity contribution in [3.63, 3.8) is 0 Å². The number of hydrogen-bond donors (Lipinski definition) is 1. The van der Waals surface area contributed by atoms with Gasteiger partial charge in [-0.2, -0.15) is 0 Å². The Labute approximate surface area is 112 Å². The van der Waals surface area contributed by atoms with Crippen molar-refractivity contribution in [3.05, 3.63) is 34.1 Å². The van der Waals surface area contributed by atoms with Gasteiger partial charge in [-0.1, -0.05) is 35.8 Å². The molecule has 1 rings (SSSR count). The average molecular weight is 302 g/mol. The number of halogens is 2. The van der Waals surface area contributed by atoms with Crippen molar-refractivity contribution in [2.75, 3.05) is 6.54 Å². The first-order valence-corrected chi connectivity index (χ1v) is 6.98.